The van der Waals surface area contributed by atoms with E-state index in [1.54, 1.807) is 0 Å². The van der Waals surface area contributed by atoms with Crippen LogP contribution < -0.4 is 5.32 Å². The Hall–Kier alpha value is -0.120. The molecule has 0 amide bonds. The minimum Gasteiger partial charge on any atom is -0.389 e. The van der Waals surface area contributed by atoms with Crippen molar-refractivity contribution in [2.24, 2.45) is 0 Å². The molecule has 0 aromatic heterocycles. The maximum Gasteiger partial charge on any atom is 0.0771 e. The zero-order chi connectivity index (χ0) is 12.5. The molecule has 0 aromatic rings. The van der Waals surface area contributed by atoms with Gasteiger partial charge in [0.05, 0.1) is 11.2 Å². The van der Waals surface area contributed by atoms with Crippen molar-refractivity contribution >= 4 is 0 Å². The van der Waals surface area contributed by atoms with E-state index in [0.29, 0.717) is 6.04 Å². The molecule has 1 heterocycles. The third-order valence-corrected chi connectivity index (χ3v) is 5.26. The standard InChI is InChI=1S/C15H27NO2/c17-14(6-4-7-14)12-16-13-5-10-18-15(11-13)8-2-1-3-9-15/h13,16-17H,1-12H2. The largest absolute Gasteiger partial charge is 0.389 e. The quantitative estimate of drug-likeness (QED) is 0.811. The Bertz CT molecular complexity index is 277. The number of nitrogens with one attached hydrogen (secondary N) is 1. The zero-order valence-corrected chi connectivity index (χ0v) is 11.4. The maximum atomic E-state index is 10.1. The first kappa shape index (κ1) is 12.9. The molecule has 0 aromatic carbocycles. The second-order valence-electron chi connectivity index (χ2n) is 6.74. The van der Waals surface area contributed by atoms with E-state index in [9.17, 15) is 5.11 Å². The number of aliphatic hydroxyl groups is 1. The smallest absolute Gasteiger partial charge is 0.0771 e. The van der Waals surface area contributed by atoms with Gasteiger partial charge < -0.3 is 15.2 Å². The molecule has 0 bridgehead atoms. The number of rotatable bonds is 3. The highest BCUT2D eigenvalue weighted by Crippen LogP contribution is 2.39. The van der Waals surface area contributed by atoms with Crippen molar-refractivity contribution < 1.29 is 9.84 Å². The SMILES string of the molecule is OC1(CNC2CCOC3(CCCCC3)C2)CCC1. The molecular formula is C15H27NO2. The molecule has 1 unspecified atom stereocenters. The van der Waals surface area contributed by atoms with Crippen molar-refractivity contribution in [3.8, 4) is 0 Å². The summed E-state index contributed by atoms with van der Waals surface area (Å²) in [6, 6.07) is 0.557. The van der Waals surface area contributed by atoms with E-state index >= 15 is 0 Å². The van der Waals surface area contributed by atoms with Gasteiger partial charge in [0, 0.05) is 19.2 Å². The van der Waals surface area contributed by atoms with Gasteiger partial charge in [-0.1, -0.05) is 19.3 Å². The fraction of sp³-hybridized carbons (Fsp3) is 1.00. The molecule has 1 atom stereocenters. The summed E-state index contributed by atoms with van der Waals surface area (Å²) >= 11 is 0. The Morgan fingerprint density at radius 2 is 1.83 bits per heavy atom. The van der Waals surface area contributed by atoms with Gasteiger partial charge in [0.25, 0.3) is 0 Å². The molecule has 1 saturated heterocycles. The van der Waals surface area contributed by atoms with Crippen molar-refractivity contribution in [3.05, 3.63) is 0 Å². The third kappa shape index (κ3) is 2.73. The fourth-order valence-electron chi connectivity index (χ4n) is 3.84. The van der Waals surface area contributed by atoms with Crippen LogP contribution in [-0.4, -0.2) is 35.5 Å². The van der Waals surface area contributed by atoms with Crippen molar-refractivity contribution in [2.75, 3.05) is 13.2 Å². The summed E-state index contributed by atoms with van der Waals surface area (Å²) in [4.78, 5) is 0. The summed E-state index contributed by atoms with van der Waals surface area (Å²) in [6.07, 6.45) is 11.9. The highest BCUT2D eigenvalue weighted by Gasteiger charge is 2.40. The predicted molar refractivity (Wildman–Crippen MR) is 71.6 cm³/mol. The van der Waals surface area contributed by atoms with E-state index in [1.165, 1.54) is 38.5 Å². The van der Waals surface area contributed by atoms with Crippen LogP contribution in [0, 0.1) is 0 Å². The van der Waals surface area contributed by atoms with E-state index in [4.69, 9.17) is 4.74 Å². The lowest BCUT2D eigenvalue weighted by Crippen LogP contribution is -2.53. The lowest BCUT2D eigenvalue weighted by Gasteiger charge is -2.45. The van der Waals surface area contributed by atoms with Gasteiger partial charge in [-0.25, -0.2) is 0 Å². The van der Waals surface area contributed by atoms with Gasteiger partial charge in [-0.2, -0.15) is 0 Å². The summed E-state index contributed by atoms with van der Waals surface area (Å²) in [5.41, 5.74) is -0.214. The summed E-state index contributed by atoms with van der Waals surface area (Å²) in [5, 5.41) is 13.8. The molecule has 1 spiro atoms. The van der Waals surface area contributed by atoms with Gasteiger partial charge in [0.15, 0.2) is 0 Å². The maximum absolute atomic E-state index is 10.1. The first-order valence-electron chi connectivity index (χ1n) is 7.80. The van der Waals surface area contributed by atoms with E-state index in [1.807, 2.05) is 0 Å². The summed E-state index contributed by atoms with van der Waals surface area (Å²) in [7, 11) is 0. The highest BCUT2D eigenvalue weighted by atomic mass is 16.5. The fourth-order valence-corrected chi connectivity index (χ4v) is 3.84. The van der Waals surface area contributed by atoms with Gasteiger partial charge in [0.1, 0.15) is 0 Å². The molecule has 2 aliphatic carbocycles. The molecule has 3 aliphatic rings. The second-order valence-corrected chi connectivity index (χ2v) is 6.74. The van der Waals surface area contributed by atoms with E-state index in [2.05, 4.69) is 5.32 Å². The molecule has 1 aliphatic heterocycles. The molecule has 2 N–H and O–H groups in total. The van der Waals surface area contributed by atoms with Crippen LogP contribution in [0.4, 0.5) is 0 Å². The van der Waals surface area contributed by atoms with Crippen LogP contribution >= 0.6 is 0 Å². The topological polar surface area (TPSA) is 41.5 Å². The van der Waals surface area contributed by atoms with Gasteiger partial charge in [-0.15, -0.1) is 0 Å². The first-order chi connectivity index (χ1) is 8.70. The number of hydrogen-bond acceptors (Lipinski definition) is 3. The van der Waals surface area contributed by atoms with Crippen molar-refractivity contribution in [3.63, 3.8) is 0 Å². The van der Waals surface area contributed by atoms with Crippen molar-refractivity contribution in [1.82, 2.24) is 5.32 Å². The molecule has 3 heteroatoms. The van der Waals surface area contributed by atoms with Crippen LogP contribution in [0.3, 0.4) is 0 Å². The first-order valence-corrected chi connectivity index (χ1v) is 7.80. The normalized spacial score (nSPS) is 34.2. The van der Waals surface area contributed by atoms with Crippen LogP contribution in [0.1, 0.15) is 64.2 Å². The summed E-state index contributed by atoms with van der Waals surface area (Å²) in [5.74, 6) is 0. The lowest BCUT2D eigenvalue weighted by molar-refractivity contribution is -0.112. The Morgan fingerprint density at radius 3 is 2.50 bits per heavy atom. The minimum atomic E-state index is -0.391. The Labute approximate surface area is 110 Å². The highest BCUT2D eigenvalue weighted by molar-refractivity contribution is 4.95. The van der Waals surface area contributed by atoms with Gasteiger partial charge in [0.2, 0.25) is 0 Å². The minimum absolute atomic E-state index is 0.177. The van der Waals surface area contributed by atoms with Crippen LogP contribution in [0.25, 0.3) is 0 Å². The Balaban J connectivity index is 1.50. The number of hydrogen-bond donors (Lipinski definition) is 2. The molecule has 0 radical (unpaired) electrons. The molecule has 104 valence electrons. The third-order valence-electron chi connectivity index (χ3n) is 5.26. The molecular weight excluding hydrogens is 226 g/mol. The molecule has 2 saturated carbocycles. The Kier molecular flexibility index (Phi) is 3.65. The van der Waals surface area contributed by atoms with Gasteiger partial charge in [-0.05, 0) is 44.9 Å². The molecule has 3 rings (SSSR count). The van der Waals surface area contributed by atoms with Gasteiger partial charge in [-0.3, -0.25) is 0 Å². The second kappa shape index (κ2) is 5.10. The van der Waals surface area contributed by atoms with Crippen molar-refractivity contribution in [1.29, 1.82) is 0 Å². The summed E-state index contributed by atoms with van der Waals surface area (Å²) < 4.78 is 6.11. The Morgan fingerprint density at radius 1 is 1.06 bits per heavy atom. The van der Waals surface area contributed by atoms with Crippen molar-refractivity contribution in [2.45, 2.75) is 81.5 Å². The average molecular weight is 253 g/mol. The summed E-state index contributed by atoms with van der Waals surface area (Å²) in [6.45, 7) is 1.68. The van der Waals surface area contributed by atoms with E-state index in [0.717, 1.165) is 38.8 Å². The van der Waals surface area contributed by atoms with Crippen LogP contribution in [0.5, 0.6) is 0 Å². The van der Waals surface area contributed by atoms with Gasteiger partial charge >= 0.3 is 0 Å². The molecule has 3 nitrogen and oxygen atoms in total. The average Bonchev–Trinajstić information content (AvgIpc) is 2.35. The van der Waals surface area contributed by atoms with Crippen LogP contribution in [0.15, 0.2) is 0 Å². The van der Waals surface area contributed by atoms with Crippen LogP contribution in [0.2, 0.25) is 0 Å². The monoisotopic (exact) mass is 253 g/mol. The zero-order valence-electron chi connectivity index (χ0n) is 11.4. The number of ether oxygens (including phenoxy) is 1. The molecule has 3 fully saturated rings. The van der Waals surface area contributed by atoms with E-state index in [-0.39, 0.29) is 5.60 Å². The molecule has 18 heavy (non-hydrogen) atoms. The van der Waals surface area contributed by atoms with Crippen LogP contribution in [-0.2, 0) is 4.74 Å². The predicted octanol–water partition coefficient (Wildman–Crippen LogP) is 2.37. The lowest BCUT2D eigenvalue weighted by atomic mass is 9.77. The van der Waals surface area contributed by atoms with E-state index < -0.39 is 5.60 Å².